The lowest BCUT2D eigenvalue weighted by atomic mass is 10.2. The molecule has 0 saturated heterocycles. The third-order valence-corrected chi connectivity index (χ3v) is 3.45. The van der Waals surface area contributed by atoms with Gasteiger partial charge in [-0.1, -0.05) is 13.8 Å². The molecule has 0 aliphatic rings. The molecule has 0 unspecified atom stereocenters. The van der Waals surface area contributed by atoms with Crippen LogP contribution < -0.4 is 16.6 Å². The summed E-state index contributed by atoms with van der Waals surface area (Å²) in [5.41, 5.74) is 3.60. The Kier molecular flexibility index (Phi) is 6.16. The molecule has 0 amide bonds. The normalized spacial score (nSPS) is 11.5. The predicted octanol–water partition coefficient (Wildman–Crippen LogP) is 1.95. The fourth-order valence-electron chi connectivity index (χ4n) is 1.71. The number of hydrazine groups is 1. The van der Waals surface area contributed by atoms with E-state index in [2.05, 4.69) is 60.4 Å². The minimum Gasteiger partial charge on any atom is -0.368 e. The van der Waals surface area contributed by atoms with E-state index in [1.165, 1.54) is 0 Å². The number of likely N-dealkylation sites (N-methyl/N-ethyl adjacent to an activating group) is 1. The Balaban J connectivity index is 2.80. The van der Waals surface area contributed by atoms with Gasteiger partial charge in [0.25, 0.3) is 0 Å². The number of nitrogens with zero attached hydrogens (tertiary/aromatic N) is 3. The van der Waals surface area contributed by atoms with Crippen molar-refractivity contribution in [2.75, 3.05) is 30.9 Å². The average molecular weight is 280 g/mol. The molecule has 1 heterocycles. The zero-order chi connectivity index (χ0) is 15.3. The van der Waals surface area contributed by atoms with Gasteiger partial charge >= 0.3 is 0 Å². The number of hydrogen-bond donors (Lipinski definition) is 3. The number of hydrogen-bond acceptors (Lipinski definition) is 6. The summed E-state index contributed by atoms with van der Waals surface area (Å²) < 4.78 is 0. The Morgan fingerprint density at radius 3 is 2.25 bits per heavy atom. The first-order valence-corrected chi connectivity index (χ1v) is 7.16. The van der Waals surface area contributed by atoms with Crippen molar-refractivity contribution in [3.8, 4) is 0 Å². The SMILES string of the molecule is Cc1c(NN)nc(C(C)C)nc1NCCN(C)C(C)C. The molecular weight excluding hydrogens is 252 g/mol. The highest BCUT2D eigenvalue weighted by Crippen LogP contribution is 2.22. The van der Waals surface area contributed by atoms with Crippen LogP contribution in [-0.4, -0.2) is 41.0 Å². The highest BCUT2D eigenvalue weighted by Gasteiger charge is 2.12. The van der Waals surface area contributed by atoms with E-state index in [0.29, 0.717) is 11.9 Å². The van der Waals surface area contributed by atoms with E-state index >= 15 is 0 Å². The minimum absolute atomic E-state index is 0.265. The molecule has 0 atom stereocenters. The molecule has 1 aromatic heterocycles. The molecule has 0 aliphatic carbocycles. The van der Waals surface area contributed by atoms with Gasteiger partial charge in [-0.05, 0) is 27.8 Å². The molecule has 6 nitrogen and oxygen atoms in total. The lowest BCUT2D eigenvalue weighted by Crippen LogP contribution is -2.31. The van der Waals surface area contributed by atoms with Gasteiger partial charge < -0.3 is 15.6 Å². The summed E-state index contributed by atoms with van der Waals surface area (Å²) >= 11 is 0. The smallest absolute Gasteiger partial charge is 0.148 e. The van der Waals surface area contributed by atoms with E-state index < -0.39 is 0 Å². The maximum absolute atomic E-state index is 5.53. The van der Waals surface area contributed by atoms with Crippen LogP contribution in [0.25, 0.3) is 0 Å². The highest BCUT2D eigenvalue weighted by molar-refractivity contribution is 5.56. The highest BCUT2D eigenvalue weighted by atomic mass is 15.3. The Morgan fingerprint density at radius 2 is 1.75 bits per heavy atom. The number of rotatable bonds is 7. The second kappa shape index (κ2) is 7.40. The minimum atomic E-state index is 0.265. The summed E-state index contributed by atoms with van der Waals surface area (Å²) in [5.74, 6) is 8.13. The van der Waals surface area contributed by atoms with Gasteiger partial charge in [-0.3, -0.25) is 0 Å². The van der Waals surface area contributed by atoms with E-state index in [-0.39, 0.29) is 5.92 Å². The summed E-state index contributed by atoms with van der Waals surface area (Å²) in [6.07, 6.45) is 0. The van der Waals surface area contributed by atoms with Crippen LogP contribution in [0.3, 0.4) is 0 Å². The molecule has 4 N–H and O–H groups in total. The molecule has 0 aromatic carbocycles. The molecule has 0 saturated carbocycles. The van der Waals surface area contributed by atoms with Gasteiger partial charge in [-0.2, -0.15) is 0 Å². The van der Waals surface area contributed by atoms with Crippen LogP contribution in [0.2, 0.25) is 0 Å². The lowest BCUT2D eigenvalue weighted by molar-refractivity contribution is 0.284. The van der Waals surface area contributed by atoms with Crippen LogP contribution in [0.5, 0.6) is 0 Å². The zero-order valence-electron chi connectivity index (χ0n) is 13.5. The Hall–Kier alpha value is -1.40. The van der Waals surface area contributed by atoms with Crippen molar-refractivity contribution in [2.45, 2.75) is 46.6 Å². The second-order valence-electron chi connectivity index (χ2n) is 5.70. The van der Waals surface area contributed by atoms with E-state index in [4.69, 9.17) is 5.84 Å². The number of anilines is 2. The fraction of sp³-hybridized carbons (Fsp3) is 0.714. The second-order valence-corrected chi connectivity index (χ2v) is 5.70. The first kappa shape index (κ1) is 16.7. The van der Waals surface area contributed by atoms with E-state index in [0.717, 1.165) is 30.3 Å². The van der Waals surface area contributed by atoms with Gasteiger partial charge in [0.15, 0.2) is 0 Å². The van der Waals surface area contributed by atoms with Gasteiger partial charge in [0.2, 0.25) is 0 Å². The van der Waals surface area contributed by atoms with Gasteiger partial charge in [-0.15, -0.1) is 0 Å². The number of aromatic nitrogens is 2. The fourth-order valence-corrected chi connectivity index (χ4v) is 1.71. The van der Waals surface area contributed by atoms with Crippen molar-refractivity contribution in [1.82, 2.24) is 14.9 Å². The van der Waals surface area contributed by atoms with E-state index in [1.54, 1.807) is 0 Å². The molecule has 1 rings (SSSR count). The maximum Gasteiger partial charge on any atom is 0.148 e. The summed E-state index contributed by atoms with van der Waals surface area (Å²) in [5, 5.41) is 3.38. The van der Waals surface area contributed by atoms with E-state index in [9.17, 15) is 0 Å². The first-order chi connectivity index (χ1) is 9.36. The largest absolute Gasteiger partial charge is 0.368 e. The molecule has 0 bridgehead atoms. The first-order valence-electron chi connectivity index (χ1n) is 7.16. The molecule has 0 aliphatic heterocycles. The summed E-state index contributed by atoms with van der Waals surface area (Å²) in [6.45, 7) is 12.3. The molecular formula is C14H28N6. The monoisotopic (exact) mass is 280 g/mol. The standard InChI is InChI=1S/C14H28N6/c1-9(2)12-17-13(11(5)14(18-12)19-15)16-7-8-20(6)10(3)4/h9-10H,7-8,15H2,1-6H3,(H2,16,17,18,19). The van der Waals surface area contributed by atoms with Crippen LogP contribution in [0.1, 0.15) is 45.0 Å². The number of nitrogens with one attached hydrogen (secondary N) is 2. The van der Waals surface area contributed by atoms with Crippen LogP contribution in [0.4, 0.5) is 11.6 Å². The quantitative estimate of drug-likeness (QED) is 0.523. The van der Waals surface area contributed by atoms with Gasteiger partial charge in [0, 0.05) is 30.6 Å². The number of nitrogens with two attached hydrogens (primary N) is 1. The maximum atomic E-state index is 5.53. The third kappa shape index (κ3) is 4.31. The summed E-state index contributed by atoms with van der Waals surface area (Å²) in [7, 11) is 2.12. The Bertz CT molecular complexity index is 430. The van der Waals surface area contributed by atoms with Crippen molar-refractivity contribution in [1.29, 1.82) is 0 Å². The lowest BCUT2D eigenvalue weighted by Gasteiger charge is -2.22. The van der Waals surface area contributed by atoms with Crippen LogP contribution in [0.15, 0.2) is 0 Å². The zero-order valence-corrected chi connectivity index (χ0v) is 13.5. The molecule has 20 heavy (non-hydrogen) atoms. The average Bonchev–Trinajstić information content (AvgIpc) is 2.39. The molecule has 0 spiro atoms. The van der Waals surface area contributed by atoms with Crippen LogP contribution in [-0.2, 0) is 0 Å². The van der Waals surface area contributed by atoms with Crippen LogP contribution >= 0.6 is 0 Å². The summed E-state index contributed by atoms with van der Waals surface area (Å²) in [6, 6.07) is 0.538. The van der Waals surface area contributed by atoms with E-state index in [1.807, 2.05) is 6.92 Å². The molecule has 6 heteroatoms. The van der Waals surface area contributed by atoms with Crippen molar-refractivity contribution >= 4 is 11.6 Å². The molecule has 1 aromatic rings. The predicted molar refractivity (Wildman–Crippen MR) is 84.9 cm³/mol. The van der Waals surface area contributed by atoms with Crippen LogP contribution in [0, 0.1) is 6.92 Å². The van der Waals surface area contributed by atoms with Gasteiger partial charge in [-0.25, -0.2) is 15.8 Å². The molecule has 0 radical (unpaired) electrons. The van der Waals surface area contributed by atoms with Crippen molar-refractivity contribution in [3.63, 3.8) is 0 Å². The number of nitrogen functional groups attached to an aromatic ring is 1. The topological polar surface area (TPSA) is 79.1 Å². The summed E-state index contributed by atoms with van der Waals surface area (Å²) in [4.78, 5) is 11.3. The Morgan fingerprint density at radius 1 is 1.15 bits per heavy atom. The Labute approximate surface area is 122 Å². The van der Waals surface area contributed by atoms with Gasteiger partial charge in [0.1, 0.15) is 17.5 Å². The molecule has 114 valence electrons. The van der Waals surface area contributed by atoms with Crippen molar-refractivity contribution in [2.24, 2.45) is 5.84 Å². The van der Waals surface area contributed by atoms with Gasteiger partial charge in [0.05, 0.1) is 0 Å². The van der Waals surface area contributed by atoms with Crippen molar-refractivity contribution in [3.05, 3.63) is 11.4 Å². The molecule has 0 fully saturated rings. The van der Waals surface area contributed by atoms with Crippen molar-refractivity contribution < 1.29 is 0 Å². The third-order valence-electron chi connectivity index (χ3n) is 3.45.